The number of nitrogens with zero attached hydrogens (tertiary/aromatic N) is 1. The Morgan fingerprint density at radius 3 is 2.70 bits per heavy atom. The summed E-state index contributed by atoms with van der Waals surface area (Å²) < 4.78 is 26.4. The fraction of sp³-hybridized carbons (Fsp3) is 0.333. The standard InChI is InChI=1S/C12H14N2O4S2/c1-19-7-6-10(12(15)16)14-20(17,18)11-5-3-2-4-9(11)8-13/h2-5,10,14H,6-7H2,1H3,(H,15,16). The van der Waals surface area contributed by atoms with Crippen molar-refractivity contribution < 1.29 is 18.3 Å². The Hall–Kier alpha value is -1.56. The Kier molecular flexibility index (Phi) is 6.01. The SMILES string of the molecule is CSCCC(NS(=O)(=O)c1ccccc1C#N)C(=O)O. The van der Waals surface area contributed by atoms with E-state index in [9.17, 15) is 13.2 Å². The molecule has 1 rings (SSSR count). The number of carboxylic acids is 1. The highest BCUT2D eigenvalue weighted by Gasteiger charge is 2.26. The van der Waals surface area contributed by atoms with E-state index in [-0.39, 0.29) is 16.9 Å². The molecule has 0 aliphatic heterocycles. The molecule has 0 heterocycles. The van der Waals surface area contributed by atoms with Gasteiger partial charge in [-0.3, -0.25) is 4.79 Å². The number of aliphatic carboxylic acids is 1. The lowest BCUT2D eigenvalue weighted by Crippen LogP contribution is -2.41. The Bertz CT molecular complexity index is 623. The summed E-state index contributed by atoms with van der Waals surface area (Å²) in [4.78, 5) is 10.9. The highest BCUT2D eigenvalue weighted by molar-refractivity contribution is 7.98. The van der Waals surface area contributed by atoms with Crippen molar-refractivity contribution in [2.24, 2.45) is 0 Å². The number of hydrogen-bond donors (Lipinski definition) is 2. The van der Waals surface area contributed by atoms with Gasteiger partial charge in [0.2, 0.25) is 10.0 Å². The predicted molar refractivity (Wildman–Crippen MR) is 75.9 cm³/mol. The van der Waals surface area contributed by atoms with E-state index in [1.807, 2.05) is 0 Å². The molecule has 20 heavy (non-hydrogen) atoms. The number of carbonyl (C=O) groups is 1. The number of nitriles is 1. The van der Waals surface area contributed by atoms with Crippen LogP contribution in [0, 0.1) is 11.3 Å². The zero-order chi connectivity index (χ0) is 15.2. The van der Waals surface area contributed by atoms with Gasteiger partial charge in [-0.25, -0.2) is 8.42 Å². The van der Waals surface area contributed by atoms with Crippen LogP contribution in [0.4, 0.5) is 0 Å². The Morgan fingerprint density at radius 1 is 1.50 bits per heavy atom. The van der Waals surface area contributed by atoms with Gasteiger partial charge in [0.25, 0.3) is 0 Å². The smallest absolute Gasteiger partial charge is 0.321 e. The van der Waals surface area contributed by atoms with Crippen LogP contribution in [-0.4, -0.2) is 37.5 Å². The summed E-state index contributed by atoms with van der Waals surface area (Å²) in [7, 11) is -4.04. The highest BCUT2D eigenvalue weighted by atomic mass is 32.2. The first-order valence-electron chi connectivity index (χ1n) is 5.65. The maximum Gasteiger partial charge on any atom is 0.321 e. The minimum absolute atomic E-state index is 0.0194. The lowest BCUT2D eigenvalue weighted by molar-refractivity contribution is -0.139. The third-order valence-electron chi connectivity index (χ3n) is 2.50. The summed E-state index contributed by atoms with van der Waals surface area (Å²) in [5.41, 5.74) is -0.0194. The average Bonchev–Trinajstić information content (AvgIpc) is 2.43. The second kappa shape index (κ2) is 7.28. The topological polar surface area (TPSA) is 107 Å². The predicted octanol–water partition coefficient (Wildman–Crippen LogP) is 1.04. The van der Waals surface area contributed by atoms with Gasteiger partial charge in [-0.2, -0.15) is 21.7 Å². The molecule has 0 aromatic heterocycles. The van der Waals surface area contributed by atoms with Gasteiger partial charge in [-0.15, -0.1) is 0 Å². The Balaban J connectivity index is 3.04. The molecule has 0 bridgehead atoms. The minimum Gasteiger partial charge on any atom is -0.480 e. The van der Waals surface area contributed by atoms with Crippen LogP contribution in [0.5, 0.6) is 0 Å². The van der Waals surface area contributed by atoms with Gasteiger partial charge < -0.3 is 5.11 Å². The van der Waals surface area contributed by atoms with E-state index in [0.29, 0.717) is 5.75 Å². The zero-order valence-electron chi connectivity index (χ0n) is 10.7. The molecular formula is C12H14N2O4S2. The molecule has 6 nitrogen and oxygen atoms in total. The first kappa shape index (κ1) is 16.5. The monoisotopic (exact) mass is 314 g/mol. The molecule has 0 saturated heterocycles. The maximum absolute atomic E-state index is 12.2. The van der Waals surface area contributed by atoms with Gasteiger partial charge in [-0.1, -0.05) is 12.1 Å². The number of sulfonamides is 1. The number of benzene rings is 1. The normalized spacial score (nSPS) is 12.6. The van der Waals surface area contributed by atoms with Crippen molar-refractivity contribution in [3.05, 3.63) is 29.8 Å². The number of nitrogens with one attached hydrogen (secondary N) is 1. The molecule has 0 aliphatic carbocycles. The number of rotatable bonds is 7. The van der Waals surface area contributed by atoms with Gasteiger partial charge in [0.15, 0.2) is 0 Å². The number of hydrogen-bond acceptors (Lipinski definition) is 5. The molecule has 0 fully saturated rings. The minimum atomic E-state index is -4.04. The molecule has 1 unspecified atom stereocenters. The van der Waals surface area contributed by atoms with E-state index in [1.165, 1.54) is 30.0 Å². The fourth-order valence-corrected chi connectivity index (χ4v) is 3.37. The molecular weight excluding hydrogens is 300 g/mol. The lowest BCUT2D eigenvalue weighted by atomic mass is 10.2. The van der Waals surface area contributed by atoms with Crippen LogP contribution in [0.25, 0.3) is 0 Å². The van der Waals surface area contributed by atoms with E-state index in [1.54, 1.807) is 18.4 Å². The molecule has 1 aromatic rings. The molecule has 108 valence electrons. The van der Waals surface area contributed by atoms with Crippen molar-refractivity contribution in [1.29, 1.82) is 5.26 Å². The Labute approximate surface area is 121 Å². The highest BCUT2D eigenvalue weighted by Crippen LogP contribution is 2.15. The van der Waals surface area contributed by atoms with E-state index >= 15 is 0 Å². The summed E-state index contributed by atoms with van der Waals surface area (Å²) in [6.45, 7) is 0. The van der Waals surface area contributed by atoms with Crippen molar-refractivity contribution >= 4 is 27.8 Å². The summed E-state index contributed by atoms with van der Waals surface area (Å²) in [5, 5.41) is 17.9. The molecule has 0 radical (unpaired) electrons. The molecule has 2 N–H and O–H groups in total. The van der Waals surface area contributed by atoms with E-state index < -0.39 is 22.0 Å². The molecule has 8 heteroatoms. The summed E-state index contributed by atoms with van der Waals surface area (Å²) >= 11 is 1.43. The van der Waals surface area contributed by atoms with E-state index in [4.69, 9.17) is 10.4 Å². The van der Waals surface area contributed by atoms with Crippen LogP contribution >= 0.6 is 11.8 Å². The zero-order valence-corrected chi connectivity index (χ0v) is 12.4. The van der Waals surface area contributed by atoms with E-state index in [2.05, 4.69) is 4.72 Å². The summed E-state index contributed by atoms with van der Waals surface area (Å²) in [6.07, 6.45) is 1.98. The molecule has 0 saturated carbocycles. The molecule has 0 aliphatic rings. The van der Waals surface area contributed by atoms with Crippen LogP contribution in [0.15, 0.2) is 29.2 Å². The Morgan fingerprint density at radius 2 is 2.15 bits per heavy atom. The van der Waals surface area contributed by atoms with Crippen molar-refractivity contribution in [3.8, 4) is 6.07 Å². The van der Waals surface area contributed by atoms with E-state index in [0.717, 1.165) is 0 Å². The van der Waals surface area contributed by atoms with Crippen molar-refractivity contribution in [2.75, 3.05) is 12.0 Å². The van der Waals surface area contributed by atoms with Gasteiger partial charge in [0, 0.05) is 0 Å². The average molecular weight is 314 g/mol. The second-order valence-corrected chi connectivity index (χ2v) is 6.57. The number of thioether (sulfide) groups is 1. The van der Waals surface area contributed by atoms with Gasteiger partial charge >= 0.3 is 5.97 Å². The first-order chi connectivity index (χ1) is 9.42. The van der Waals surface area contributed by atoms with Gasteiger partial charge in [0.05, 0.1) is 10.5 Å². The third kappa shape index (κ3) is 4.23. The molecule has 1 aromatic carbocycles. The van der Waals surface area contributed by atoms with Crippen LogP contribution in [-0.2, 0) is 14.8 Å². The fourth-order valence-electron chi connectivity index (χ4n) is 1.51. The molecule has 0 spiro atoms. The molecule has 0 amide bonds. The van der Waals surface area contributed by atoms with Crippen LogP contribution in [0.3, 0.4) is 0 Å². The number of carboxylic acid groups (broad SMARTS) is 1. The lowest BCUT2D eigenvalue weighted by Gasteiger charge is -2.14. The first-order valence-corrected chi connectivity index (χ1v) is 8.53. The molecule has 1 atom stereocenters. The quantitative estimate of drug-likeness (QED) is 0.778. The largest absolute Gasteiger partial charge is 0.480 e. The van der Waals surface area contributed by atoms with Crippen LogP contribution in [0.2, 0.25) is 0 Å². The van der Waals surface area contributed by atoms with Crippen LogP contribution < -0.4 is 4.72 Å². The van der Waals surface area contributed by atoms with Gasteiger partial charge in [-0.05, 0) is 30.6 Å². The van der Waals surface area contributed by atoms with Crippen molar-refractivity contribution in [1.82, 2.24) is 4.72 Å². The summed E-state index contributed by atoms with van der Waals surface area (Å²) in [6, 6.07) is 6.23. The van der Waals surface area contributed by atoms with Crippen LogP contribution in [0.1, 0.15) is 12.0 Å². The van der Waals surface area contributed by atoms with Crippen molar-refractivity contribution in [3.63, 3.8) is 0 Å². The summed E-state index contributed by atoms with van der Waals surface area (Å²) in [5.74, 6) is -0.726. The maximum atomic E-state index is 12.2. The third-order valence-corrected chi connectivity index (χ3v) is 4.68. The van der Waals surface area contributed by atoms with Gasteiger partial charge in [0.1, 0.15) is 12.1 Å². The van der Waals surface area contributed by atoms with Crippen molar-refractivity contribution in [2.45, 2.75) is 17.4 Å². The second-order valence-electron chi connectivity index (χ2n) is 3.90.